The zero-order chi connectivity index (χ0) is 17.9. The molecule has 2 aromatic rings. The molecule has 2 atom stereocenters. The van der Waals surface area contributed by atoms with E-state index >= 15 is 0 Å². The first-order chi connectivity index (χ1) is 12.7. The Balaban J connectivity index is 1.49. The van der Waals surface area contributed by atoms with E-state index in [0.717, 1.165) is 31.5 Å². The second kappa shape index (κ2) is 7.46. The fourth-order valence-electron chi connectivity index (χ4n) is 3.91. The largest absolute Gasteiger partial charge is 0.330 e. The van der Waals surface area contributed by atoms with Gasteiger partial charge >= 0.3 is 0 Å². The molecule has 0 unspecified atom stereocenters. The number of amides is 1. The molecule has 1 saturated heterocycles. The predicted molar refractivity (Wildman–Crippen MR) is 102 cm³/mol. The van der Waals surface area contributed by atoms with Crippen LogP contribution in [0.5, 0.6) is 0 Å². The Hall–Kier alpha value is -2.40. The van der Waals surface area contributed by atoms with Crippen LogP contribution in [0, 0.1) is 0 Å². The minimum absolute atomic E-state index is 0.0707. The number of piperidine rings is 1. The lowest BCUT2D eigenvalue weighted by Crippen LogP contribution is -2.52. The molecule has 136 valence electrons. The van der Waals surface area contributed by atoms with E-state index in [-0.39, 0.29) is 18.0 Å². The summed E-state index contributed by atoms with van der Waals surface area (Å²) >= 11 is 0. The van der Waals surface area contributed by atoms with Crippen LogP contribution < -0.4 is 5.32 Å². The lowest BCUT2D eigenvalue weighted by molar-refractivity contribution is -0.138. The highest BCUT2D eigenvalue weighted by atomic mass is 16.2. The number of hydrogen-bond acceptors (Lipinski definition) is 3. The zero-order valence-electron chi connectivity index (χ0n) is 15.2. The normalized spacial score (nSPS) is 23.7. The summed E-state index contributed by atoms with van der Waals surface area (Å²) < 4.78 is 1.91. The van der Waals surface area contributed by atoms with Crippen LogP contribution in [0.15, 0.2) is 48.7 Å². The van der Waals surface area contributed by atoms with Gasteiger partial charge in [-0.3, -0.25) is 9.48 Å². The summed E-state index contributed by atoms with van der Waals surface area (Å²) in [6.45, 7) is 0.792. The number of aromatic nitrogens is 2. The maximum absolute atomic E-state index is 12.6. The number of benzene rings is 1. The van der Waals surface area contributed by atoms with Gasteiger partial charge in [0.05, 0.1) is 11.7 Å². The van der Waals surface area contributed by atoms with Crippen molar-refractivity contribution in [2.75, 3.05) is 6.54 Å². The summed E-state index contributed by atoms with van der Waals surface area (Å²) in [4.78, 5) is 14.7. The van der Waals surface area contributed by atoms with Crippen molar-refractivity contribution >= 4 is 12.0 Å². The van der Waals surface area contributed by atoms with E-state index < -0.39 is 0 Å². The third-order valence-electron chi connectivity index (χ3n) is 5.35. The maximum atomic E-state index is 12.6. The Kier molecular flexibility index (Phi) is 4.89. The van der Waals surface area contributed by atoms with E-state index in [0.29, 0.717) is 12.5 Å². The Labute approximate surface area is 154 Å². The van der Waals surface area contributed by atoms with E-state index in [1.54, 1.807) is 0 Å². The monoisotopic (exact) mass is 350 g/mol. The Morgan fingerprint density at radius 1 is 1.19 bits per heavy atom. The number of likely N-dealkylation sites (tertiary alicyclic amines) is 1. The van der Waals surface area contributed by atoms with Crippen LogP contribution in [-0.2, 0) is 11.8 Å². The fourth-order valence-corrected chi connectivity index (χ4v) is 3.91. The molecule has 1 aromatic carbocycles. The Morgan fingerprint density at radius 2 is 2.00 bits per heavy atom. The molecule has 0 spiro atoms. The van der Waals surface area contributed by atoms with Crippen molar-refractivity contribution in [1.82, 2.24) is 20.0 Å². The van der Waals surface area contributed by atoms with Crippen LogP contribution in [-0.4, -0.2) is 39.2 Å². The zero-order valence-corrected chi connectivity index (χ0v) is 15.2. The third-order valence-corrected chi connectivity index (χ3v) is 5.35. The highest BCUT2D eigenvalue weighted by Gasteiger charge is 2.44. The molecule has 1 aliphatic carbocycles. The molecule has 1 saturated carbocycles. The van der Waals surface area contributed by atoms with E-state index in [1.165, 1.54) is 5.56 Å². The highest BCUT2D eigenvalue weighted by Crippen LogP contribution is 2.40. The van der Waals surface area contributed by atoms with Gasteiger partial charge in [0.2, 0.25) is 5.91 Å². The van der Waals surface area contributed by atoms with Gasteiger partial charge < -0.3 is 10.2 Å². The molecule has 26 heavy (non-hydrogen) atoms. The first-order valence-electron chi connectivity index (χ1n) is 9.48. The van der Waals surface area contributed by atoms with Gasteiger partial charge in [-0.05, 0) is 30.9 Å². The quantitative estimate of drug-likeness (QED) is 0.871. The SMILES string of the molecule is Cn1nccc1[C@H]1[C@H](NC/C=C/c2ccccc2)CCC(=O)N1C1CC1. The molecule has 1 aliphatic heterocycles. The molecule has 4 rings (SSSR count). The number of aryl methyl sites for hydroxylation is 1. The standard InChI is InChI=1S/C21H26N4O/c1-24-19(13-15-23-24)21-18(11-12-20(26)25(21)17-9-10-17)22-14-5-8-16-6-3-2-4-7-16/h2-8,13,15,17-18,21-22H,9-12,14H2,1H3/b8-5+/t18-,21-/m1/s1. The van der Waals surface area contributed by atoms with Gasteiger partial charge in [0.15, 0.2) is 0 Å². The lowest BCUT2D eigenvalue weighted by atomic mass is 9.92. The average Bonchev–Trinajstić information content (AvgIpc) is 3.41. The van der Waals surface area contributed by atoms with Crippen molar-refractivity contribution in [3.05, 3.63) is 59.9 Å². The van der Waals surface area contributed by atoms with E-state index in [2.05, 4.69) is 39.6 Å². The van der Waals surface area contributed by atoms with Crippen LogP contribution in [0.25, 0.3) is 6.08 Å². The number of carbonyl (C=O) groups is 1. The number of nitrogens with zero attached hydrogens (tertiary/aromatic N) is 3. The smallest absolute Gasteiger partial charge is 0.223 e. The summed E-state index contributed by atoms with van der Waals surface area (Å²) in [5.74, 6) is 0.288. The summed E-state index contributed by atoms with van der Waals surface area (Å²) in [6.07, 6.45) is 9.88. The third kappa shape index (κ3) is 3.58. The molecule has 1 N–H and O–H groups in total. The van der Waals surface area contributed by atoms with Crippen LogP contribution in [0.1, 0.15) is 43.0 Å². The second-order valence-corrected chi connectivity index (χ2v) is 7.22. The van der Waals surface area contributed by atoms with Gasteiger partial charge in [0.1, 0.15) is 0 Å². The van der Waals surface area contributed by atoms with E-state index in [4.69, 9.17) is 0 Å². The molecule has 2 heterocycles. The predicted octanol–water partition coefficient (Wildman–Crippen LogP) is 2.92. The summed E-state index contributed by atoms with van der Waals surface area (Å²) in [7, 11) is 1.96. The maximum Gasteiger partial charge on any atom is 0.223 e. The Bertz CT molecular complexity index is 778. The van der Waals surface area contributed by atoms with Crippen LogP contribution in [0.2, 0.25) is 0 Å². The molecule has 1 aromatic heterocycles. The number of rotatable bonds is 6. The molecule has 5 nitrogen and oxygen atoms in total. The van der Waals surface area contributed by atoms with E-state index in [1.807, 2.05) is 42.2 Å². The van der Waals surface area contributed by atoms with Gasteiger partial charge in [-0.2, -0.15) is 5.10 Å². The van der Waals surface area contributed by atoms with Crippen molar-refractivity contribution in [1.29, 1.82) is 0 Å². The molecule has 2 aliphatic rings. The molecule has 5 heteroatoms. The van der Waals surface area contributed by atoms with Gasteiger partial charge in [-0.1, -0.05) is 42.5 Å². The second-order valence-electron chi connectivity index (χ2n) is 7.22. The first-order valence-corrected chi connectivity index (χ1v) is 9.48. The van der Waals surface area contributed by atoms with Gasteiger partial charge in [-0.25, -0.2) is 0 Å². The summed E-state index contributed by atoms with van der Waals surface area (Å²) in [5.41, 5.74) is 2.32. The van der Waals surface area contributed by atoms with Crippen molar-refractivity contribution in [3.8, 4) is 0 Å². The highest BCUT2D eigenvalue weighted by molar-refractivity contribution is 5.78. The average molecular weight is 350 g/mol. The minimum atomic E-state index is 0.0707. The van der Waals surface area contributed by atoms with Crippen LogP contribution in [0.3, 0.4) is 0 Å². The van der Waals surface area contributed by atoms with Crippen molar-refractivity contribution in [2.45, 2.75) is 43.8 Å². The van der Waals surface area contributed by atoms with Gasteiger partial charge in [0.25, 0.3) is 0 Å². The fraction of sp³-hybridized carbons (Fsp3) is 0.429. The Morgan fingerprint density at radius 3 is 2.69 bits per heavy atom. The number of nitrogens with one attached hydrogen (secondary N) is 1. The molecule has 1 amide bonds. The van der Waals surface area contributed by atoms with Crippen molar-refractivity contribution in [2.24, 2.45) is 7.05 Å². The molecular weight excluding hydrogens is 324 g/mol. The minimum Gasteiger partial charge on any atom is -0.330 e. The molecule has 0 radical (unpaired) electrons. The molecule has 2 fully saturated rings. The summed E-state index contributed by atoms with van der Waals surface area (Å²) in [5, 5.41) is 8.01. The first kappa shape index (κ1) is 17.0. The summed E-state index contributed by atoms with van der Waals surface area (Å²) in [6, 6.07) is 13.1. The van der Waals surface area contributed by atoms with Crippen molar-refractivity contribution in [3.63, 3.8) is 0 Å². The van der Waals surface area contributed by atoms with E-state index in [9.17, 15) is 4.79 Å². The van der Waals surface area contributed by atoms with Gasteiger partial charge in [-0.15, -0.1) is 0 Å². The molecule has 0 bridgehead atoms. The van der Waals surface area contributed by atoms with Crippen LogP contribution >= 0.6 is 0 Å². The number of carbonyl (C=O) groups excluding carboxylic acids is 1. The molecular formula is C21H26N4O. The van der Waals surface area contributed by atoms with Crippen molar-refractivity contribution < 1.29 is 4.79 Å². The van der Waals surface area contributed by atoms with Gasteiger partial charge in [0, 0.05) is 38.3 Å². The topological polar surface area (TPSA) is 50.2 Å². The number of hydrogen-bond donors (Lipinski definition) is 1. The van der Waals surface area contributed by atoms with Crippen LogP contribution in [0.4, 0.5) is 0 Å². The lowest BCUT2D eigenvalue weighted by Gasteiger charge is -2.41.